The van der Waals surface area contributed by atoms with Crippen molar-refractivity contribution in [2.75, 3.05) is 44.7 Å². The van der Waals surface area contributed by atoms with Crippen molar-refractivity contribution in [3.05, 3.63) is 29.3 Å². The maximum absolute atomic E-state index is 12.0. The molecular formula is C20H30N4O. The Balaban J connectivity index is 1.32. The van der Waals surface area contributed by atoms with E-state index in [9.17, 15) is 4.79 Å². The topological polar surface area (TPSA) is 52.8 Å². The molecule has 4 rings (SSSR count). The van der Waals surface area contributed by atoms with Gasteiger partial charge in [-0.1, -0.05) is 0 Å². The molecule has 2 saturated heterocycles. The van der Waals surface area contributed by atoms with Crippen LogP contribution in [0.4, 0.5) is 5.69 Å². The minimum absolute atomic E-state index is 0.154. The molecule has 0 bridgehead atoms. The zero-order valence-corrected chi connectivity index (χ0v) is 15.3. The van der Waals surface area contributed by atoms with Crippen LogP contribution in [-0.4, -0.2) is 61.5 Å². The highest BCUT2D eigenvalue weighted by Gasteiger charge is 2.27. The van der Waals surface area contributed by atoms with Crippen molar-refractivity contribution >= 4 is 11.6 Å². The van der Waals surface area contributed by atoms with Crippen molar-refractivity contribution in [3.63, 3.8) is 0 Å². The van der Waals surface area contributed by atoms with Gasteiger partial charge in [0.15, 0.2) is 0 Å². The number of rotatable bonds is 3. The van der Waals surface area contributed by atoms with Gasteiger partial charge < -0.3 is 20.4 Å². The highest BCUT2D eigenvalue weighted by Crippen LogP contribution is 2.29. The van der Waals surface area contributed by atoms with Crippen molar-refractivity contribution in [1.29, 1.82) is 0 Å². The van der Waals surface area contributed by atoms with Crippen molar-refractivity contribution in [2.45, 2.75) is 38.3 Å². The standard InChI is InChI=1S/C20H30N4O/c1-22-14-16-12-18(2-3-19(16)20(22)25)24-10-4-15(5-11-24)13-23-8-6-17(21)7-9-23/h2-3,12,15,17H,4-11,13-14,21H2,1H3. The van der Waals surface area contributed by atoms with Crippen LogP contribution in [0, 0.1) is 5.92 Å². The summed E-state index contributed by atoms with van der Waals surface area (Å²) in [7, 11) is 1.88. The van der Waals surface area contributed by atoms with E-state index in [1.165, 1.54) is 43.7 Å². The van der Waals surface area contributed by atoms with Gasteiger partial charge in [-0.2, -0.15) is 0 Å². The third-order valence-electron chi connectivity index (χ3n) is 6.20. The molecule has 0 radical (unpaired) electrons. The van der Waals surface area contributed by atoms with E-state index in [0.717, 1.165) is 44.0 Å². The van der Waals surface area contributed by atoms with Crippen LogP contribution >= 0.6 is 0 Å². The van der Waals surface area contributed by atoms with E-state index in [1.807, 2.05) is 13.1 Å². The van der Waals surface area contributed by atoms with Gasteiger partial charge in [0.25, 0.3) is 5.91 Å². The van der Waals surface area contributed by atoms with E-state index in [4.69, 9.17) is 5.73 Å². The van der Waals surface area contributed by atoms with Gasteiger partial charge in [-0.25, -0.2) is 0 Å². The zero-order chi connectivity index (χ0) is 17.4. The lowest BCUT2D eigenvalue weighted by molar-refractivity contribution is 0.0816. The zero-order valence-electron chi connectivity index (χ0n) is 15.3. The summed E-state index contributed by atoms with van der Waals surface area (Å²) in [6, 6.07) is 6.79. The molecule has 0 saturated carbocycles. The van der Waals surface area contributed by atoms with Gasteiger partial charge in [0.1, 0.15) is 0 Å². The summed E-state index contributed by atoms with van der Waals surface area (Å²) < 4.78 is 0. The van der Waals surface area contributed by atoms with Gasteiger partial charge in [0, 0.05) is 50.5 Å². The Labute approximate surface area is 150 Å². The second kappa shape index (κ2) is 6.96. The molecule has 1 aromatic carbocycles. The molecule has 0 atom stereocenters. The summed E-state index contributed by atoms with van der Waals surface area (Å²) in [6.07, 6.45) is 4.83. The average Bonchev–Trinajstić information content (AvgIpc) is 2.91. The Morgan fingerprint density at radius 3 is 2.52 bits per heavy atom. The first kappa shape index (κ1) is 16.9. The predicted molar refractivity (Wildman–Crippen MR) is 101 cm³/mol. The smallest absolute Gasteiger partial charge is 0.254 e. The largest absolute Gasteiger partial charge is 0.372 e. The van der Waals surface area contributed by atoms with Gasteiger partial charge in [0.2, 0.25) is 0 Å². The highest BCUT2D eigenvalue weighted by atomic mass is 16.2. The van der Waals surface area contributed by atoms with E-state index in [2.05, 4.69) is 21.9 Å². The highest BCUT2D eigenvalue weighted by molar-refractivity contribution is 5.98. The van der Waals surface area contributed by atoms with Gasteiger partial charge in [-0.3, -0.25) is 4.79 Å². The van der Waals surface area contributed by atoms with Crippen molar-refractivity contribution < 1.29 is 4.79 Å². The summed E-state index contributed by atoms with van der Waals surface area (Å²) in [5.41, 5.74) is 9.35. The third kappa shape index (κ3) is 3.53. The lowest BCUT2D eigenvalue weighted by Gasteiger charge is -2.38. The van der Waals surface area contributed by atoms with Crippen LogP contribution in [0.3, 0.4) is 0 Å². The fraction of sp³-hybridized carbons (Fsp3) is 0.650. The maximum Gasteiger partial charge on any atom is 0.254 e. The molecular weight excluding hydrogens is 312 g/mol. The molecule has 5 nitrogen and oxygen atoms in total. The van der Waals surface area contributed by atoms with Gasteiger partial charge >= 0.3 is 0 Å². The molecule has 0 spiro atoms. The molecule has 0 unspecified atom stereocenters. The van der Waals surface area contributed by atoms with Crippen LogP contribution in [0.5, 0.6) is 0 Å². The van der Waals surface area contributed by atoms with Gasteiger partial charge in [-0.05, 0) is 68.5 Å². The summed E-state index contributed by atoms with van der Waals surface area (Å²) in [5.74, 6) is 0.967. The number of carbonyl (C=O) groups is 1. The fourth-order valence-electron chi connectivity index (χ4n) is 4.52. The summed E-state index contributed by atoms with van der Waals surface area (Å²) in [4.78, 5) is 18.9. The number of hydrogen-bond acceptors (Lipinski definition) is 4. The number of fused-ring (bicyclic) bond motifs is 1. The van der Waals surface area contributed by atoms with Crippen LogP contribution in [0.25, 0.3) is 0 Å². The Bertz CT molecular complexity index is 631. The van der Waals surface area contributed by atoms with E-state index in [1.54, 1.807) is 4.90 Å². The Hall–Kier alpha value is -1.59. The average molecular weight is 342 g/mol. The fourth-order valence-corrected chi connectivity index (χ4v) is 4.52. The molecule has 0 aliphatic carbocycles. The SMILES string of the molecule is CN1Cc2cc(N3CCC(CN4CCC(N)CC4)CC3)ccc2C1=O. The molecule has 3 aliphatic heterocycles. The first-order valence-electron chi connectivity index (χ1n) is 9.71. The van der Waals surface area contributed by atoms with Crippen LogP contribution in [0.2, 0.25) is 0 Å². The normalized spacial score (nSPS) is 23.4. The number of nitrogens with two attached hydrogens (primary N) is 1. The Kier molecular flexibility index (Phi) is 4.69. The van der Waals surface area contributed by atoms with Gasteiger partial charge in [-0.15, -0.1) is 0 Å². The second-order valence-corrected chi connectivity index (χ2v) is 8.07. The number of benzene rings is 1. The third-order valence-corrected chi connectivity index (χ3v) is 6.20. The molecule has 2 fully saturated rings. The van der Waals surface area contributed by atoms with Crippen molar-refractivity contribution in [2.24, 2.45) is 11.7 Å². The lowest BCUT2D eigenvalue weighted by atomic mass is 9.94. The Morgan fingerprint density at radius 2 is 1.80 bits per heavy atom. The first-order chi connectivity index (χ1) is 12.1. The number of carbonyl (C=O) groups excluding carboxylic acids is 1. The van der Waals surface area contributed by atoms with E-state index in [0.29, 0.717) is 6.04 Å². The maximum atomic E-state index is 12.0. The van der Waals surface area contributed by atoms with Crippen LogP contribution in [0.15, 0.2) is 18.2 Å². The minimum Gasteiger partial charge on any atom is -0.372 e. The quantitative estimate of drug-likeness (QED) is 0.912. The predicted octanol–water partition coefficient (Wildman–Crippen LogP) is 1.91. The van der Waals surface area contributed by atoms with E-state index >= 15 is 0 Å². The number of anilines is 1. The van der Waals surface area contributed by atoms with Crippen molar-refractivity contribution in [3.8, 4) is 0 Å². The van der Waals surface area contributed by atoms with Crippen LogP contribution < -0.4 is 10.6 Å². The molecule has 2 N–H and O–H groups in total. The van der Waals surface area contributed by atoms with E-state index in [-0.39, 0.29) is 5.91 Å². The number of amides is 1. The van der Waals surface area contributed by atoms with Gasteiger partial charge in [0.05, 0.1) is 0 Å². The number of piperidine rings is 2. The number of nitrogens with zero attached hydrogens (tertiary/aromatic N) is 3. The van der Waals surface area contributed by atoms with Crippen LogP contribution in [-0.2, 0) is 6.54 Å². The molecule has 3 heterocycles. The van der Waals surface area contributed by atoms with Crippen molar-refractivity contribution in [1.82, 2.24) is 9.80 Å². The second-order valence-electron chi connectivity index (χ2n) is 8.07. The first-order valence-corrected chi connectivity index (χ1v) is 9.71. The molecule has 5 heteroatoms. The molecule has 1 aromatic rings. The molecule has 136 valence electrons. The molecule has 3 aliphatic rings. The van der Waals surface area contributed by atoms with E-state index < -0.39 is 0 Å². The number of hydrogen-bond donors (Lipinski definition) is 1. The monoisotopic (exact) mass is 342 g/mol. The lowest BCUT2D eigenvalue weighted by Crippen LogP contribution is -2.44. The number of likely N-dealkylation sites (tertiary alicyclic amines) is 1. The summed E-state index contributed by atoms with van der Waals surface area (Å²) >= 11 is 0. The Morgan fingerprint density at radius 1 is 1.08 bits per heavy atom. The minimum atomic E-state index is 0.154. The summed E-state index contributed by atoms with van der Waals surface area (Å²) in [5, 5.41) is 0. The summed E-state index contributed by atoms with van der Waals surface area (Å²) in [6.45, 7) is 6.59. The molecule has 25 heavy (non-hydrogen) atoms. The molecule has 1 amide bonds. The molecule has 0 aromatic heterocycles. The van der Waals surface area contributed by atoms with Crippen LogP contribution in [0.1, 0.15) is 41.6 Å².